The van der Waals surface area contributed by atoms with Crippen molar-refractivity contribution in [1.82, 2.24) is 0 Å². The van der Waals surface area contributed by atoms with Crippen LogP contribution >= 0.6 is 0 Å². The van der Waals surface area contributed by atoms with Gasteiger partial charge in [-0.1, -0.05) is 0 Å². The van der Waals surface area contributed by atoms with E-state index in [-0.39, 0.29) is 13.0 Å². The minimum atomic E-state index is -1.14. The van der Waals surface area contributed by atoms with E-state index in [0.717, 1.165) is 0 Å². The maximum absolute atomic E-state index is 13.2. The summed E-state index contributed by atoms with van der Waals surface area (Å²) in [5, 5.41) is 8.86. The maximum atomic E-state index is 13.2. The van der Waals surface area contributed by atoms with Gasteiger partial charge < -0.3 is 14.6 Å². The molecule has 1 fully saturated rings. The molecule has 1 heterocycles. The Morgan fingerprint density at radius 3 is 2.83 bits per heavy atom. The van der Waals surface area contributed by atoms with Crippen molar-refractivity contribution in [3.63, 3.8) is 0 Å². The third kappa shape index (κ3) is 1.76. The van der Waals surface area contributed by atoms with Crippen LogP contribution in [0.3, 0.4) is 0 Å². The first-order valence-electron chi connectivity index (χ1n) is 4.16. The molecule has 1 aliphatic heterocycles. The molecule has 3 unspecified atom stereocenters. The summed E-state index contributed by atoms with van der Waals surface area (Å²) < 4.78 is 23.5. The summed E-state index contributed by atoms with van der Waals surface area (Å²) in [6.45, 7) is 3.57. The first-order chi connectivity index (χ1) is 5.62. The normalized spacial score (nSPS) is 42.0. The van der Waals surface area contributed by atoms with Crippen LogP contribution in [0.2, 0.25) is 0 Å². The molecule has 1 rings (SSSR count). The number of aliphatic hydroxyl groups is 1. The van der Waals surface area contributed by atoms with Gasteiger partial charge in [-0.2, -0.15) is 0 Å². The molecule has 0 aromatic carbocycles. The minimum Gasteiger partial charge on any atom is -0.393 e. The fourth-order valence-electron chi connectivity index (χ4n) is 1.26. The SMILES string of the molecule is CCOC1CC(F)C(C)(CO)O1. The van der Waals surface area contributed by atoms with Crippen LogP contribution < -0.4 is 0 Å². The molecule has 1 saturated heterocycles. The van der Waals surface area contributed by atoms with E-state index in [1.165, 1.54) is 0 Å². The average Bonchev–Trinajstić information content (AvgIpc) is 2.30. The molecule has 12 heavy (non-hydrogen) atoms. The molecular formula is C8H15FO3. The molecule has 0 aromatic heterocycles. The van der Waals surface area contributed by atoms with Crippen molar-refractivity contribution in [2.75, 3.05) is 13.2 Å². The molecule has 72 valence electrons. The number of ether oxygens (including phenoxy) is 2. The van der Waals surface area contributed by atoms with Crippen LogP contribution in [0.1, 0.15) is 20.3 Å². The second kappa shape index (κ2) is 3.68. The van der Waals surface area contributed by atoms with Crippen LogP contribution in [0.15, 0.2) is 0 Å². The number of alkyl halides is 1. The summed E-state index contributed by atoms with van der Waals surface area (Å²) in [5.74, 6) is 0. The Bertz CT molecular complexity index is 153. The number of aliphatic hydroxyl groups excluding tert-OH is 1. The Morgan fingerprint density at radius 2 is 2.42 bits per heavy atom. The first kappa shape index (κ1) is 9.89. The lowest BCUT2D eigenvalue weighted by Gasteiger charge is -2.23. The minimum absolute atomic E-state index is 0.213. The predicted octanol–water partition coefficient (Wildman–Crippen LogP) is 0.858. The van der Waals surface area contributed by atoms with Gasteiger partial charge in [-0.15, -0.1) is 0 Å². The van der Waals surface area contributed by atoms with Crippen molar-refractivity contribution in [3.05, 3.63) is 0 Å². The number of halogens is 1. The van der Waals surface area contributed by atoms with Gasteiger partial charge in [0.25, 0.3) is 0 Å². The standard InChI is InChI=1S/C8H15FO3/c1-3-11-7-4-6(9)8(2,5-10)12-7/h6-7,10H,3-5H2,1-2H3. The molecule has 0 aliphatic carbocycles. The van der Waals surface area contributed by atoms with Crippen molar-refractivity contribution in [3.8, 4) is 0 Å². The molecular weight excluding hydrogens is 163 g/mol. The Balaban J connectivity index is 2.49. The second-order valence-electron chi connectivity index (χ2n) is 3.18. The highest BCUT2D eigenvalue weighted by Crippen LogP contribution is 2.32. The molecule has 4 heteroatoms. The lowest BCUT2D eigenvalue weighted by molar-refractivity contribution is -0.176. The van der Waals surface area contributed by atoms with Crippen molar-refractivity contribution in [2.45, 2.75) is 38.3 Å². The number of hydrogen-bond acceptors (Lipinski definition) is 3. The first-order valence-corrected chi connectivity index (χ1v) is 4.16. The van der Waals surface area contributed by atoms with Gasteiger partial charge >= 0.3 is 0 Å². The van der Waals surface area contributed by atoms with Gasteiger partial charge in [-0.25, -0.2) is 4.39 Å². The van der Waals surface area contributed by atoms with Crippen molar-refractivity contribution in [2.24, 2.45) is 0 Å². The highest BCUT2D eigenvalue weighted by Gasteiger charge is 2.45. The van der Waals surface area contributed by atoms with E-state index < -0.39 is 18.1 Å². The van der Waals surface area contributed by atoms with Crippen LogP contribution in [0.4, 0.5) is 4.39 Å². The predicted molar refractivity (Wildman–Crippen MR) is 41.5 cm³/mol. The topological polar surface area (TPSA) is 38.7 Å². The third-order valence-electron chi connectivity index (χ3n) is 2.13. The second-order valence-corrected chi connectivity index (χ2v) is 3.18. The molecule has 0 aromatic rings. The van der Waals surface area contributed by atoms with Gasteiger partial charge in [0.2, 0.25) is 0 Å². The van der Waals surface area contributed by atoms with Gasteiger partial charge in [0.1, 0.15) is 11.8 Å². The summed E-state index contributed by atoms with van der Waals surface area (Å²) in [6.07, 6.45) is -1.42. The highest BCUT2D eigenvalue weighted by molar-refractivity contribution is 4.90. The number of hydrogen-bond donors (Lipinski definition) is 1. The van der Waals surface area contributed by atoms with Crippen LogP contribution in [-0.2, 0) is 9.47 Å². The van der Waals surface area contributed by atoms with Gasteiger partial charge in [-0.3, -0.25) is 0 Å². The van der Waals surface area contributed by atoms with E-state index in [4.69, 9.17) is 14.6 Å². The molecule has 0 amide bonds. The van der Waals surface area contributed by atoms with Crippen LogP contribution in [0.5, 0.6) is 0 Å². The van der Waals surface area contributed by atoms with Crippen molar-refractivity contribution >= 4 is 0 Å². The fourth-order valence-corrected chi connectivity index (χ4v) is 1.26. The Hall–Kier alpha value is -0.190. The van der Waals surface area contributed by atoms with Crippen LogP contribution in [-0.4, -0.2) is 36.4 Å². The monoisotopic (exact) mass is 178 g/mol. The quantitative estimate of drug-likeness (QED) is 0.696. The molecule has 3 nitrogen and oxygen atoms in total. The Morgan fingerprint density at radius 1 is 1.75 bits per heavy atom. The zero-order chi connectivity index (χ0) is 9.19. The molecule has 0 spiro atoms. The Kier molecular flexibility index (Phi) is 3.04. The molecule has 3 atom stereocenters. The van der Waals surface area contributed by atoms with Crippen LogP contribution in [0.25, 0.3) is 0 Å². The zero-order valence-corrected chi connectivity index (χ0v) is 7.42. The molecule has 1 N–H and O–H groups in total. The largest absolute Gasteiger partial charge is 0.393 e. The summed E-state index contributed by atoms with van der Waals surface area (Å²) >= 11 is 0. The lowest BCUT2D eigenvalue weighted by atomic mass is 10.0. The lowest BCUT2D eigenvalue weighted by Crippen LogP contribution is -2.37. The van der Waals surface area contributed by atoms with E-state index in [1.807, 2.05) is 6.92 Å². The fraction of sp³-hybridized carbons (Fsp3) is 1.00. The van der Waals surface area contributed by atoms with Crippen LogP contribution in [0, 0.1) is 0 Å². The van der Waals surface area contributed by atoms with E-state index in [9.17, 15) is 4.39 Å². The van der Waals surface area contributed by atoms with Crippen molar-refractivity contribution < 1.29 is 19.0 Å². The van der Waals surface area contributed by atoms with E-state index >= 15 is 0 Å². The zero-order valence-electron chi connectivity index (χ0n) is 7.42. The Labute approximate surface area is 71.5 Å². The average molecular weight is 178 g/mol. The summed E-state index contributed by atoms with van der Waals surface area (Å²) in [6, 6.07) is 0. The molecule has 0 bridgehead atoms. The van der Waals surface area contributed by atoms with Gasteiger partial charge in [0.15, 0.2) is 6.29 Å². The van der Waals surface area contributed by atoms with Crippen molar-refractivity contribution in [1.29, 1.82) is 0 Å². The number of rotatable bonds is 3. The molecule has 0 saturated carbocycles. The van der Waals surface area contributed by atoms with Gasteiger partial charge in [0.05, 0.1) is 6.61 Å². The summed E-state index contributed by atoms with van der Waals surface area (Å²) in [4.78, 5) is 0. The van der Waals surface area contributed by atoms with E-state index in [1.54, 1.807) is 6.92 Å². The summed E-state index contributed by atoms with van der Waals surface area (Å²) in [5.41, 5.74) is -1.07. The smallest absolute Gasteiger partial charge is 0.161 e. The maximum Gasteiger partial charge on any atom is 0.161 e. The van der Waals surface area contributed by atoms with E-state index in [0.29, 0.717) is 6.61 Å². The molecule has 0 radical (unpaired) electrons. The van der Waals surface area contributed by atoms with E-state index in [2.05, 4.69) is 0 Å². The van der Waals surface area contributed by atoms with Gasteiger partial charge in [0, 0.05) is 13.0 Å². The molecule has 1 aliphatic rings. The third-order valence-corrected chi connectivity index (χ3v) is 2.13. The summed E-state index contributed by atoms with van der Waals surface area (Å²) in [7, 11) is 0. The van der Waals surface area contributed by atoms with Gasteiger partial charge in [-0.05, 0) is 13.8 Å². The highest BCUT2D eigenvalue weighted by atomic mass is 19.1.